The third-order valence-electron chi connectivity index (χ3n) is 3.73. The number of rotatable bonds is 5. The van der Waals surface area contributed by atoms with Gasteiger partial charge in [0.05, 0.1) is 16.3 Å². The molecule has 2 aromatic heterocycles. The Bertz CT molecular complexity index is 1150. The number of nitrogen functional groups attached to an aromatic ring is 1. The minimum absolute atomic E-state index is 0.390. The number of nitrogens with two attached hydrogens (primary N) is 1. The number of benzene rings is 2. The molecule has 0 amide bonds. The largest absolute Gasteiger partial charge is 0.420 e. The molecule has 2 heterocycles. The van der Waals surface area contributed by atoms with Gasteiger partial charge in [-0.25, -0.2) is 4.68 Å². The zero-order valence-electron chi connectivity index (χ0n) is 14.0. The Kier molecular flexibility index (Phi) is 5.58. The van der Waals surface area contributed by atoms with Gasteiger partial charge in [-0.2, -0.15) is 0 Å². The molecule has 7 nitrogen and oxygen atoms in total. The lowest BCUT2D eigenvalue weighted by Gasteiger charge is -2.05. The summed E-state index contributed by atoms with van der Waals surface area (Å²) in [6.07, 6.45) is 0. The van der Waals surface area contributed by atoms with Crippen LogP contribution in [0, 0.1) is 0 Å². The standard InChI is InChI=1S/C17H11BrCl2N6OS/c18-12-4-2-1-3-10(12)16-24-22-14(27-16)8-28-17-25-23-15(26(17)21)11-6-5-9(19)7-13(11)20/h1-7H,8,21H2. The van der Waals surface area contributed by atoms with Crippen molar-refractivity contribution in [2.75, 3.05) is 5.84 Å². The van der Waals surface area contributed by atoms with Crippen molar-refractivity contribution in [3.05, 3.63) is 62.9 Å². The molecule has 4 aromatic rings. The van der Waals surface area contributed by atoms with E-state index < -0.39 is 0 Å². The summed E-state index contributed by atoms with van der Waals surface area (Å²) in [4.78, 5) is 0. The molecule has 0 saturated carbocycles. The Hall–Kier alpha value is -2.07. The van der Waals surface area contributed by atoms with Crippen molar-refractivity contribution in [3.8, 4) is 22.8 Å². The van der Waals surface area contributed by atoms with Crippen LogP contribution in [0.4, 0.5) is 0 Å². The van der Waals surface area contributed by atoms with Crippen molar-refractivity contribution in [1.29, 1.82) is 0 Å². The van der Waals surface area contributed by atoms with E-state index in [0.29, 0.717) is 44.1 Å². The molecule has 2 aromatic carbocycles. The van der Waals surface area contributed by atoms with Crippen LogP contribution >= 0.6 is 50.9 Å². The molecule has 0 spiro atoms. The van der Waals surface area contributed by atoms with E-state index in [4.69, 9.17) is 33.5 Å². The molecule has 0 fully saturated rings. The van der Waals surface area contributed by atoms with Gasteiger partial charge in [-0.05, 0) is 46.3 Å². The Morgan fingerprint density at radius 3 is 2.64 bits per heavy atom. The summed E-state index contributed by atoms with van der Waals surface area (Å²) in [7, 11) is 0. The quantitative estimate of drug-likeness (QED) is 0.303. The van der Waals surface area contributed by atoms with Crippen molar-refractivity contribution in [2.45, 2.75) is 10.9 Å². The van der Waals surface area contributed by atoms with E-state index >= 15 is 0 Å². The molecule has 0 aliphatic rings. The Balaban J connectivity index is 1.51. The molecule has 0 saturated heterocycles. The second-order valence-corrected chi connectivity index (χ2v) is 8.21. The van der Waals surface area contributed by atoms with Crippen molar-refractivity contribution in [1.82, 2.24) is 25.1 Å². The number of hydrogen-bond acceptors (Lipinski definition) is 7. The monoisotopic (exact) mass is 496 g/mol. The third-order valence-corrected chi connectivity index (χ3v) is 5.90. The lowest BCUT2D eigenvalue weighted by molar-refractivity contribution is 0.528. The van der Waals surface area contributed by atoms with Crippen LogP contribution in [-0.4, -0.2) is 25.1 Å². The summed E-state index contributed by atoms with van der Waals surface area (Å²) >= 11 is 17.0. The first-order valence-electron chi connectivity index (χ1n) is 7.89. The lowest BCUT2D eigenvalue weighted by Crippen LogP contribution is -2.11. The molecule has 142 valence electrons. The van der Waals surface area contributed by atoms with Crippen LogP contribution < -0.4 is 5.84 Å². The zero-order valence-corrected chi connectivity index (χ0v) is 17.9. The summed E-state index contributed by atoms with van der Waals surface area (Å²) < 4.78 is 7.97. The summed E-state index contributed by atoms with van der Waals surface area (Å²) in [6.45, 7) is 0. The molecular formula is C17H11BrCl2N6OS. The molecule has 0 bridgehead atoms. The van der Waals surface area contributed by atoms with Crippen LogP contribution in [-0.2, 0) is 5.75 Å². The van der Waals surface area contributed by atoms with Crippen molar-refractivity contribution >= 4 is 50.9 Å². The molecule has 0 radical (unpaired) electrons. The van der Waals surface area contributed by atoms with Gasteiger partial charge in [0.1, 0.15) is 0 Å². The predicted molar refractivity (Wildman–Crippen MR) is 113 cm³/mol. The smallest absolute Gasteiger partial charge is 0.248 e. The summed E-state index contributed by atoms with van der Waals surface area (Å²) in [5, 5.41) is 17.9. The number of hydrogen-bond donors (Lipinski definition) is 1. The van der Waals surface area contributed by atoms with Gasteiger partial charge in [0.25, 0.3) is 0 Å². The van der Waals surface area contributed by atoms with Crippen molar-refractivity contribution < 1.29 is 4.42 Å². The van der Waals surface area contributed by atoms with Gasteiger partial charge in [0.15, 0.2) is 5.82 Å². The second-order valence-electron chi connectivity index (χ2n) is 5.57. The highest BCUT2D eigenvalue weighted by Crippen LogP contribution is 2.31. The molecule has 0 unspecified atom stereocenters. The van der Waals surface area contributed by atoms with Crippen molar-refractivity contribution in [3.63, 3.8) is 0 Å². The van der Waals surface area contributed by atoms with Gasteiger partial charge in [-0.3, -0.25) is 0 Å². The van der Waals surface area contributed by atoms with E-state index in [0.717, 1.165) is 10.0 Å². The molecule has 4 rings (SSSR count). The first kappa shape index (κ1) is 19.3. The van der Waals surface area contributed by atoms with E-state index in [2.05, 4.69) is 36.3 Å². The summed E-state index contributed by atoms with van der Waals surface area (Å²) in [5.74, 6) is 7.84. The predicted octanol–water partition coefficient (Wildman–Crippen LogP) is 5.07. The molecular weight excluding hydrogens is 487 g/mol. The van der Waals surface area contributed by atoms with Crippen molar-refractivity contribution in [2.24, 2.45) is 0 Å². The van der Waals surface area contributed by atoms with Crippen LogP contribution in [0.2, 0.25) is 10.0 Å². The highest BCUT2D eigenvalue weighted by Gasteiger charge is 2.17. The van der Waals surface area contributed by atoms with Gasteiger partial charge < -0.3 is 10.3 Å². The van der Waals surface area contributed by atoms with Crippen LogP contribution in [0.1, 0.15) is 5.89 Å². The Morgan fingerprint density at radius 2 is 1.86 bits per heavy atom. The number of thioether (sulfide) groups is 1. The fraction of sp³-hybridized carbons (Fsp3) is 0.0588. The normalized spacial score (nSPS) is 11.1. The topological polar surface area (TPSA) is 95.7 Å². The molecule has 0 atom stereocenters. The number of halogens is 3. The fourth-order valence-corrected chi connectivity index (χ4v) is 4.05. The molecule has 2 N–H and O–H groups in total. The molecule has 28 heavy (non-hydrogen) atoms. The second kappa shape index (κ2) is 8.12. The summed E-state index contributed by atoms with van der Waals surface area (Å²) in [5.41, 5.74) is 1.47. The number of aromatic nitrogens is 5. The Morgan fingerprint density at radius 1 is 1.04 bits per heavy atom. The maximum Gasteiger partial charge on any atom is 0.248 e. The SMILES string of the molecule is Nn1c(SCc2nnc(-c3ccccc3Br)o2)nnc1-c1ccc(Cl)cc1Cl. The van der Waals surface area contributed by atoms with Crippen LogP contribution in [0.25, 0.3) is 22.8 Å². The lowest BCUT2D eigenvalue weighted by atomic mass is 10.2. The average Bonchev–Trinajstić information content (AvgIpc) is 3.28. The Labute approximate surface area is 182 Å². The highest BCUT2D eigenvalue weighted by molar-refractivity contribution is 9.10. The maximum atomic E-state index is 6.23. The van der Waals surface area contributed by atoms with E-state index in [9.17, 15) is 0 Å². The van der Waals surface area contributed by atoms with Crippen LogP contribution in [0.15, 0.2) is 56.5 Å². The average molecular weight is 498 g/mol. The van der Waals surface area contributed by atoms with E-state index in [1.54, 1.807) is 18.2 Å². The van der Waals surface area contributed by atoms with Crippen LogP contribution in [0.5, 0.6) is 0 Å². The van der Waals surface area contributed by atoms with Gasteiger partial charge in [-0.1, -0.05) is 47.1 Å². The van der Waals surface area contributed by atoms with E-state index in [-0.39, 0.29) is 0 Å². The van der Waals surface area contributed by atoms with Gasteiger partial charge in [-0.15, -0.1) is 20.4 Å². The van der Waals surface area contributed by atoms with E-state index in [1.807, 2.05) is 24.3 Å². The van der Waals surface area contributed by atoms with Gasteiger partial charge in [0, 0.05) is 15.1 Å². The number of nitrogens with zero attached hydrogens (tertiary/aromatic N) is 5. The first-order valence-corrected chi connectivity index (χ1v) is 10.4. The fourth-order valence-electron chi connectivity index (χ4n) is 2.41. The molecule has 0 aliphatic carbocycles. The summed E-state index contributed by atoms with van der Waals surface area (Å²) in [6, 6.07) is 12.7. The maximum absolute atomic E-state index is 6.23. The third kappa shape index (κ3) is 3.88. The van der Waals surface area contributed by atoms with E-state index in [1.165, 1.54) is 16.4 Å². The zero-order chi connectivity index (χ0) is 19.7. The minimum Gasteiger partial charge on any atom is -0.420 e. The minimum atomic E-state index is 0.390. The van der Waals surface area contributed by atoms with Gasteiger partial charge >= 0.3 is 0 Å². The van der Waals surface area contributed by atoms with Gasteiger partial charge in [0.2, 0.25) is 16.9 Å². The molecule has 11 heteroatoms. The van der Waals surface area contributed by atoms with Crippen LogP contribution in [0.3, 0.4) is 0 Å². The highest BCUT2D eigenvalue weighted by atomic mass is 79.9. The molecule has 0 aliphatic heterocycles. The first-order chi connectivity index (χ1) is 13.5.